The second kappa shape index (κ2) is 8.14. The molecule has 1 aliphatic rings. The lowest BCUT2D eigenvalue weighted by molar-refractivity contribution is -0.148. The molecule has 0 spiro atoms. The van der Waals surface area contributed by atoms with Crippen LogP contribution < -0.4 is 5.32 Å². The summed E-state index contributed by atoms with van der Waals surface area (Å²) in [5.74, 6) is 0.328. The standard InChI is InChI=1S/C19H24N2O4/c1-13-6-2-3-7-14(13)20-17(22)12-24-19(23)11-10-18-21-15-8-4-5-9-16(15)25-18/h4-5,8-9,13-14H,2-3,6-7,10-12H2,1H3,(H,20,22)/t13-,14+/m1/s1. The summed E-state index contributed by atoms with van der Waals surface area (Å²) in [5, 5.41) is 2.97. The zero-order valence-corrected chi connectivity index (χ0v) is 14.5. The van der Waals surface area contributed by atoms with Crippen LogP contribution in [0.5, 0.6) is 0 Å². The number of esters is 1. The summed E-state index contributed by atoms with van der Waals surface area (Å²) >= 11 is 0. The van der Waals surface area contributed by atoms with Gasteiger partial charge in [-0.15, -0.1) is 0 Å². The number of benzene rings is 1. The first-order valence-corrected chi connectivity index (χ1v) is 8.91. The number of oxazole rings is 1. The molecule has 1 heterocycles. The average Bonchev–Trinajstić information content (AvgIpc) is 3.03. The van der Waals surface area contributed by atoms with Crippen molar-refractivity contribution in [2.24, 2.45) is 5.92 Å². The quantitative estimate of drug-likeness (QED) is 0.815. The van der Waals surface area contributed by atoms with Crippen molar-refractivity contribution in [3.05, 3.63) is 30.2 Å². The third kappa shape index (κ3) is 4.81. The van der Waals surface area contributed by atoms with Crippen LogP contribution in [0.1, 0.15) is 44.9 Å². The van der Waals surface area contributed by atoms with Crippen LogP contribution in [0.4, 0.5) is 0 Å². The molecule has 0 bridgehead atoms. The summed E-state index contributed by atoms with van der Waals surface area (Å²) in [5.41, 5.74) is 1.47. The van der Waals surface area contributed by atoms with Crippen molar-refractivity contribution >= 4 is 23.0 Å². The molecule has 1 saturated carbocycles. The van der Waals surface area contributed by atoms with Gasteiger partial charge >= 0.3 is 5.97 Å². The van der Waals surface area contributed by atoms with Crippen molar-refractivity contribution in [3.63, 3.8) is 0 Å². The van der Waals surface area contributed by atoms with Crippen molar-refractivity contribution in [2.75, 3.05) is 6.61 Å². The Morgan fingerprint density at radius 2 is 2.08 bits per heavy atom. The van der Waals surface area contributed by atoms with Crippen molar-refractivity contribution in [1.29, 1.82) is 0 Å². The van der Waals surface area contributed by atoms with Crippen LogP contribution in [0.3, 0.4) is 0 Å². The molecule has 25 heavy (non-hydrogen) atoms. The van der Waals surface area contributed by atoms with E-state index in [1.165, 1.54) is 6.42 Å². The van der Waals surface area contributed by atoms with Gasteiger partial charge in [-0.2, -0.15) is 0 Å². The van der Waals surface area contributed by atoms with Gasteiger partial charge in [0.15, 0.2) is 18.1 Å². The van der Waals surface area contributed by atoms with Gasteiger partial charge in [0, 0.05) is 12.5 Å². The smallest absolute Gasteiger partial charge is 0.306 e. The normalized spacial score (nSPS) is 20.4. The summed E-state index contributed by atoms with van der Waals surface area (Å²) in [6, 6.07) is 7.64. The van der Waals surface area contributed by atoms with Crippen LogP contribution in [-0.2, 0) is 20.7 Å². The number of rotatable bonds is 6. The molecule has 2 atom stereocenters. The molecule has 0 saturated heterocycles. The second-order valence-electron chi connectivity index (χ2n) is 6.67. The van der Waals surface area contributed by atoms with Gasteiger partial charge in [-0.05, 0) is 30.9 Å². The summed E-state index contributed by atoms with van der Waals surface area (Å²) < 4.78 is 10.6. The molecule has 1 amide bonds. The van der Waals surface area contributed by atoms with E-state index in [0.717, 1.165) is 24.8 Å². The number of nitrogens with zero attached hydrogens (tertiary/aromatic N) is 1. The number of carbonyl (C=O) groups excluding carboxylic acids is 2. The monoisotopic (exact) mass is 344 g/mol. The van der Waals surface area contributed by atoms with E-state index in [1.54, 1.807) is 0 Å². The van der Waals surface area contributed by atoms with Gasteiger partial charge in [-0.3, -0.25) is 9.59 Å². The Labute approximate surface area is 146 Å². The Kier molecular flexibility index (Phi) is 5.68. The molecule has 0 unspecified atom stereocenters. The van der Waals surface area contributed by atoms with Crippen LogP contribution in [0.25, 0.3) is 11.1 Å². The highest BCUT2D eigenvalue weighted by atomic mass is 16.5. The molecule has 6 nitrogen and oxygen atoms in total. The highest BCUT2D eigenvalue weighted by molar-refractivity contribution is 5.80. The number of fused-ring (bicyclic) bond motifs is 1. The van der Waals surface area contributed by atoms with E-state index in [-0.39, 0.29) is 25.0 Å². The van der Waals surface area contributed by atoms with Gasteiger partial charge in [0.05, 0.1) is 6.42 Å². The Bertz CT molecular complexity index is 707. The topological polar surface area (TPSA) is 81.4 Å². The number of aromatic nitrogens is 1. The van der Waals surface area contributed by atoms with E-state index >= 15 is 0 Å². The van der Waals surface area contributed by atoms with Crippen LogP contribution in [0, 0.1) is 5.92 Å². The van der Waals surface area contributed by atoms with Crippen molar-refractivity contribution in [3.8, 4) is 0 Å². The number of ether oxygens (including phenoxy) is 1. The van der Waals surface area contributed by atoms with Gasteiger partial charge in [-0.25, -0.2) is 4.98 Å². The summed E-state index contributed by atoms with van der Waals surface area (Å²) in [4.78, 5) is 28.1. The fraction of sp³-hybridized carbons (Fsp3) is 0.526. The zero-order chi connectivity index (χ0) is 17.6. The molecule has 3 rings (SSSR count). The molecular formula is C19H24N2O4. The van der Waals surface area contributed by atoms with Crippen LogP contribution in [0.2, 0.25) is 0 Å². The second-order valence-corrected chi connectivity index (χ2v) is 6.67. The van der Waals surface area contributed by atoms with E-state index in [9.17, 15) is 9.59 Å². The summed E-state index contributed by atoms with van der Waals surface area (Å²) in [6.45, 7) is 1.92. The molecule has 1 fully saturated rings. The molecule has 1 aromatic carbocycles. The molecule has 1 aliphatic carbocycles. The number of amides is 1. The Balaban J connectivity index is 1.39. The van der Waals surface area contributed by atoms with Gasteiger partial charge in [0.2, 0.25) is 0 Å². The SMILES string of the molecule is C[C@@H]1CCCC[C@@H]1NC(=O)COC(=O)CCc1nc2ccccc2o1. The minimum atomic E-state index is -0.422. The fourth-order valence-corrected chi connectivity index (χ4v) is 3.23. The largest absolute Gasteiger partial charge is 0.456 e. The van der Waals surface area contributed by atoms with E-state index in [4.69, 9.17) is 9.15 Å². The van der Waals surface area contributed by atoms with E-state index in [0.29, 0.717) is 23.8 Å². The van der Waals surface area contributed by atoms with Gasteiger partial charge in [-0.1, -0.05) is 31.9 Å². The van der Waals surface area contributed by atoms with E-state index in [1.807, 2.05) is 24.3 Å². The number of nitrogens with one attached hydrogen (secondary N) is 1. The van der Waals surface area contributed by atoms with Crippen molar-refractivity contribution < 1.29 is 18.7 Å². The van der Waals surface area contributed by atoms with Gasteiger partial charge in [0.1, 0.15) is 5.52 Å². The number of para-hydroxylation sites is 2. The average molecular weight is 344 g/mol. The Hall–Kier alpha value is -2.37. The maximum absolute atomic E-state index is 11.9. The highest BCUT2D eigenvalue weighted by Crippen LogP contribution is 2.23. The van der Waals surface area contributed by atoms with Gasteiger partial charge in [0.25, 0.3) is 5.91 Å². The maximum atomic E-state index is 11.9. The highest BCUT2D eigenvalue weighted by Gasteiger charge is 2.23. The molecule has 6 heteroatoms. The number of aryl methyl sites for hydroxylation is 1. The van der Waals surface area contributed by atoms with E-state index < -0.39 is 5.97 Å². The third-order valence-electron chi connectivity index (χ3n) is 4.70. The minimum absolute atomic E-state index is 0.139. The number of carbonyl (C=O) groups is 2. The van der Waals surface area contributed by atoms with Crippen molar-refractivity contribution in [1.82, 2.24) is 10.3 Å². The predicted octanol–water partition coefficient (Wildman–Crippen LogP) is 3.00. The first kappa shape index (κ1) is 17.5. The molecule has 0 radical (unpaired) electrons. The fourth-order valence-electron chi connectivity index (χ4n) is 3.23. The minimum Gasteiger partial charge on any atom is -0.456 e. The predicted molar refractivity (Wildman–Crippen MR) is 92.9 cm³/mol. The Morgan fingerprint density at radius 1 is 1.28 bits per heavy atom. The first-order chi connectivity index (χ1) is 12.1. The van der Waals surface area contributed by atoms with Crippen molar-refractivity contribution in [2.45, 2.75) is 51.5 Å². The lowest BCUT2D eigenvalue weighted by atomic mass is 9.86. The van der Waals surface area contributed by atoms with Crippen LogP contribution in [0.15, 0.2) is 28.7 Å². The summed E-state index contributed by atoms with van der Waals surface area (Å²) in [7, 11) is 0. The number of hydrogen-bond donors (Lipinski definition) is 1. The third-order valence-corrected chi connectivity index (χ3v) is 4.70. The molecular weight excluding hydrogens is 320 g/mol. The number of hydrogen-bond acceptors (Lipinski definition) is 5. The van der Waals surface area contributed by atoms with Crippen LogP contribution in [-0.4, -0.2) is 29.5 Å². The lowest BCUT2D eigenvalue weighted by Crippen LogP contribution is -2.42. The van der Waals surface area contributed by atoms with Gasteiger partial charge < -0.3 is 14.5 Å². The molecule has 0 aliphatic heterocycles. The van der Waals surface area contributed by atoms with Crippen LogP contribution >= 0.6 is 0 Å². The Morgan fingerprint density at radius 3 is 2.88 bits per heavy atom. The molecule has 134 valence electrons. The molecule has 1 aromatic heterocycles. The lowest BCUT2D eigenvalue weighted by Gasteiger charge is -2.29. The molecule has 1 N–H and O–H groups in total. The maximum Gasteiger partial charge on any atom is 0.306 e. The molecule has 2 aromatic rings. The zero-order valence-electron chi connectivity index (χ0n) is 14.5. The van der Waals surface area contributed by atoms with E-state index in [2.05, 4.69) is 17.2 Å². The summed E-state index contributed by atoms with van der Waals surface area (Å²) in [6.07, 6.45) is 4.99. The first-order valence-electron chi connectivity index (χ1n) is 8.91.